The van der Waals surface area contributed by atoms with Gasteiger partial charge in [0.15, 0.2) is 6.61 Å². The first kappa shape index (κ1) is 11.0. The van der Waals surface area contributed by atoms with Gasteiger partial charge in [-0.05, 0) is 25.5 Å². The third-order valence-corrected chi connectivity index (χ3v) is 2.36. The standard InChI is InChI=1S/C12H14O4/c1-8-3-4-10(9(2)5-8)14-7-12-15-6-11(13)16-12/h3-5,12H,6-7H2,1-2H3. The molecule has 1 saturated heterocycles. The maximum Gasteiger partial charge on any atom is 0.334 e. The van der Waals surface area contributed by atoms with Crippen molar-refractivity contribution in [2.45, 2.75) is 20.1 Å². The van der Waals surface area contributed by atoms with E-state index in [1.54, 1.807) is 0 Å². The molecule has 1 heterocycles. The molecule has 1 aliphatic heterocycles. The molecule has 1 unspecified atom stereocenters. The molecule has 1 aliphatic rings. The Bertz CT molecular complexity index is 400. The summed E-state index contributed by atoms with van der Waals surface area (Å²) in [7, 11) is 0. The van der Waals surface area contributed by atoms with Gasteiger partial charge in [-0.15, -0.1) is 0 Å². The van der Waals surface area contributed by atoms with Gasteiger partial charge in [0.05, 0.1) is 0 Å². The van der Waals surface area contributed by atoms with Crippen LogP contribution < -0.4 is 4.74 Å². The number of hydrogen-bond donors (Lipinski definition) is 0. The average Bonchev–Trinajstić information content (AvgIpc) is 2.63. The van der Waals surface area contributed by atoms with Crippen molar-refractivity contribution in [3.63, 3.8) is 0 Å². The first-order chi connectivity index (χ1) is 7.65. The molecule has 0 spiro atoms. The van der Waals surface area contributed by atoms with Crippen molar-refractivity contribution < 1.29 is 19.0 Å². The van der Waals surface area contributed by atoms with E-state index in [2.05, 4.69) is 0 Å². The zero-order valence-corrected chi connectivity index (χ0v) is 9.36. The summed E-state index contributed by atoms with van der Waals surface area (Å²) >= 11 is 0. The quantitative estimate of drug-likeness (QED) is 0.728. The number of rotatable bonds is 3. The second kappa shape index (κ2) is 4.53. The Balaban J connectivity index is 1.92. The van der Waals surface area contributed by atoms with Crippen LogP contribution in [-0.2, 0) is 14.3 Å². The number of hydrogen-bond acceptors (Lipinski definition) is 4. The number of ether oxygens (including phenoxy) is 3. The first-order valence-corrected chi connectivity index (χ1v) is 5.16. The molecular formula is C12H14O4. The predicted molar refractivity (Wildman–Crippen MR) is 57.2 cm³/mol. The van der Waals surface area contributed by atoms with Crippen LogP contribution in [0.5, 0.6) is 5.75 Å². The van der Waals surface area contributed by atoms with Crippen molar-refractivity contribution in [1.82, 2.24) is 0 Å². The van der Waals surface area contributed by atoms with Crippen molar-refractivity contribution in [2.24, 2.45) is 0 Å². The fraction of sp³-hybridized carbons (Fsp3) is 0.417. The van der Waals surface area contributed by atoms with Gasteiger partial charge in [0.2, 0.25) is 6.29 Å². The van der Waals surface area contributed by atoms with Gasteiger partial charge in [-0.3, -0.25) is 0 Å². The number of carbonyl (C=O) groups is 1. The normalized spacial score (nSPS) is 19.6. The highest BCUT2D eigenvalue weighted by Crippen LogP contribution is 2.19. The van der Waals surface area contributed by atoms with E-state index >= 15 is 0 Å². The van der Waals surface area contributed by atoms with E-state index in [-0.39, 0.29) is 19.2 Å². The molecule has 2 rings (SSSR count). The average molecular weight is 222 g/mol. The molecule has 4 heteroatoms. The molecule has 0 N–H and O–H groups in total. The molecule has 0 aliphatic carbocycles. The van der Waals surface area contributed by atoms with Gasteiger partial charge in [-0.2, -0.15) is 0 Å². The second-order valence-corrected chi connectivity index (χ2v) is 3.81. The molecule has 4 nitrogen and oxygen atoms in total. The smallest absolute Gasteiger partial charge is 0.334 e. The zero-order chi connectivity index (χ0) is 11.5. The summed E-state index contributed by atoms with van der Waals surface area (Å²) < 4.78 is 15.4. The fourth-order valence-corrected chi connectivity index (χ4v) is 1.58. The van der Waals surface area contributed by atoms with E-state index in [0.717, 1.165) is 11.3 Å². The zero-order valence-electron chi connectivity index (χ0n) is 9.36. The highest BCUT2D eigenvalue weighted by Gasteiger charge is 2.24. The predicted octanol–water partition coefficient (Wildman–Crippen LogP) is 1.58. The van der Waals surface area contributed by atoms with E-state index in [9.17, 15) is 4.79 Å². The summed E-state index contributed by atoms with van der Waals surface area (Å²) in [6, 6.07) is 5.92. The van der Waals surface area contributed by atoms with Crippen LogP contribution >= 0.6 is 0 Å². The van der Waals surface area contributed by atoms with Crippen molar-refractivity contribution in [1.29, 1.82) is 0 Å². The Labute approximate surface area is 94.1 Å². The molecule has 86 valence electrons. The van der Waals surface area contributed by atoms with E-state index < -0.39 is 6.29 Å². The summed E-state index contributed by atoms with van der Waals surface area (Å²) in [4.78, 5) is 10.8. The van der Waals surface area contributed by atoms with Crippen LogP contribution in [0.1, 0.15) is 11.1 Å². The van der Waals surface area contributed by atoms with Crippen LogP contribution in [0.3, 0.4) is 0 Å². The van der Waals surface area contributed by atoms with E-state index in [4.69, 9.17) is 14.2 Å². The first-order valence-electron chi connectivity index (χ1n) is 5.16. The monoisotopic (exact) mass is 222 g/mol. The van der Waals surface area contributed by atoms with Crippen LogP contribution in [0.4, 0.5) is 0 Å². The lowest BCUT2D eigenvalue weighted by molar-refractivity contribution is -0.145. The topological polar surface area (TPSA) is 44.8 Å². The summed E-state index contributed by atoms with van der Waals surface area (Å²) in [5.74, 6) is 0.450. The van der Waals surface area contributed by atoms with Crippen LogP contribution in [0.2, 0.25) is 0 Å². The molecule has 0 bridgehead atoms. The summed E-state index contributed by atoms with van der Waals surface area (Å²) in [5, 5.41) is 0. The minimum Gasteiger partial charge on any atom is -0.487 e. The van der Waals surface area contributed by atoms with Crippen LogP contribution in [0, 0.1) is 13.8 Å². The number of cyclic esters (lactones) is 1. The van der Waals surface area contributed by atoms with Gasteiger partial charge in [-0.25, -0.2) is 4.79 Å². The maximum absolute atomic E-state index is 10.8. The van der Waals surface area contributed by atoms with Gasteiger partial charge in [0.25, 0.3) is 0 Å². The Morgan fingerprint density at radius 3 is 2.88 bits per heavy atom. The van der Waals surface area contributed by atoms with Gasteiger partial charge in [0.1, 0.15) is 12.4 Å². The summed E-state index contributed by atoms with van der Waals surface area (Å²) in [6.45, 7) is 4.25. The Hall–Kier alpha value is -1.55. The van der Waals surface area contributed by atoms with Crippen molar-refractivity contribution in [3.05, 3.63) is 29.3 Å². The summed E-state index contributed by atoms with van der Waals surface area (Å²) in [5.41, 5.74) is 2.25. The maximum atomic E-state index is 10.8. The molecule has 0 radical (unpaired) electrons. The minimum atomic E-state index is -0.576. The lowest BCUT2D eigenvalue weighted by atomic mass is 10.1. The van der Waals surface area contributed by atoms with Gasteiger partial charge < -0.3 is 14.2 Å². The van der Waals surface area contributed by atoms with Gasteiger partial charge in [0, 0.05) is 0 Å². The third-order valence-electron chi connectivity index (χ3n) is 2.36. The Kier molecular flexibility index (Phi) is 3.10. The number of carbonyl (C=O) groups excluding carboxylic acids is 1. The fourth-order valence-electron chi connectivity index (χ4n) is 1.58. The number of aryl methyl sites for hydroxylation is 2. The lowest BCUT2D eigenvalue weighted by Gasteiger charge is -2.12. The highest BCUT2D eigenvalue weighted by molar-refractivity contribution is 5.72. The second-order valence-electron chi connectivity index (χ2n) is 3.81. The van der Waals surface area contributed by atoms with Crippen molar-refractivity contribution >= 4 is 5.97 Å². The van der Waals surface area contributed by atoms with Crippen LogP contribution in [0.15, 0.2) is 18.2 Å². The third kappa shape index (κ3) is 2.52. The van der Waals surface area contributed by atoms with E-state index in [1.165, 1.54) is 5.56 Å². The van der Waals surface area contributed by atoms with Crippen LogP contribution in [-0.4, -0.2) is 25.5 Å². The van der Waals surface area contributed by atoms with E-state index in [1.807, 2.05) is 32.0 Å². The molecule has 0 amide bonds. The number of benzene rings is 1. The molecule has 16 heavy (non-hydrogen) atoms. The van der Waals surface area contributed by atoms with Gasteiger partial charge in [-0.1, -0.05) is 17.7 Å². The highest BCUT2D eigenvalue weighted by atomic mass is 16.8. The number of esters is 1. The molecule has 1 aromatic carbocycles. The SMILES string of the molecule is Cc1ccc(OCC2OCC(=O)O2)c(C)c1. The molecule has 1 fully saturated rings. The largest absolute Gasteiger partial charge is 0.487 e. The van der Waals surface area contributed by atoms with Crippen LogP contribution in [0.25, 0.3) is 0 Å². The van der Waals surface area contributed by atoms with Gasteiger partial charge >= 0.3 is 5.97 Å². The van der Waals surface area contributed by atoms with Crippen molar-refractivity contribution in [3.8, 4) is 5.75 Å². The molecule has 0 aromatic heterocycles. The molecule has 1 atom stereocenters. The molecule has 0 saturated carbocycles. The van der Waals surface area contributed by atoms with Crippen molar-refractivity contribution in [2.75, 3.05) is 13.2 Å². The Morgan fingerprint density at radius 2 is 2.25 bits per heavy atom. The van der Waals surface area contributed by atoms with E-state index in [0.29, 0.717) is 0 Å². The lowest BCUT2D eigenvalue weighted by Crippen LogP contribution is -2.19. The minimum absolute atomic E-state index is 0.0148. The summed E-state index contributed by atoms with van der Waals surface area (Å²) in [6.07, 6.45) is -0.576. The molecular weight excluding hydrogens is 208 g/mol. The Morgan fingerprint density at radius 1 is 1.44 bits per heavy atom. The molecule has 1 aromatic rings.